The summed E-state index contributed by atoms with van der Waals surface area (Å²) in [7, 11) is 0. The fourth-order valence-corrected chi connectivity index (χ4v) is 2.16. The first kappa shape index (κ1) is 14.6. The molecule has 3 rings (SSSR count). The molecule has 0 bridgehead atoms. The van der Waals surface area contributed by atoms with E-state index in [4.69, 9.17) is 14.0 Å². The first-order valence-electron chi connectivity index (χ1n) is 7.01. The summed E-state index contributed by atoms with van der Waals surface area (Å²) < 4.78 is 15.4. The van der Waals surface area contributed by atoms with Crippen molar-refractivity contribution in [2.45, 2.75) is 25.7 Å². The van der Waals surface area contributed by atoms with Gasteiger partial charge in [0.2, 0.25) is 0 Å². The number of carbonyl (C=O) groups excluding carboxylic acids is 1. The van der Waals surface area contributed by atoms with Crippen molar-refractivity contribution >= 4 is 11.9 Å². The molecule has 1 atom stereocenters. The van der Waals surface area contributed by atoms with Crippen LogP contribution in [0.3, 0.4) is 0 Å². The van der Waals surface area contributed by atoms with Crippen molar-refractivity contribution in [3.05, 3.63) is 47.7 Å². The lowest BCUT2D eigenvalue weighted by atomic mass is 10.2. The number of aromatic nitrogens is 1. The monoisotopic (exact) mass is 304 g/mol. The topological polar surface area (TPSA) is 85.0 Å². The lowest BCUT2D eigenvalue weighted by Gasteiger charge is -2.18. The lowest BCUT2D eigenvalue weighted by Crippen LogP contribution is -2.30. The van der Waals surface area contributed by atoms with Gasteiger partial charge in [-0.3, -0.25) is 5.21 Å². The maximum absolute atomic E-state index is 11.9. The Morgan fingerprint density at radius 3 is 2.95 bits per heavy atom. The van der Waals surface area contributed by atoms with Crippen LogP contribution in [0.2, 0.25) is 0 Å². The van der Waals surface area contributed by atoms with Gasteiger partial charge in [-0.1, -0.05) is 35.5 Å². The second-order valence-corrected chi connectivity index (χ2v) is 4.92. The van der Waals surface area contributed by atoms with Crippen LogP contribution in [0.5, 0.6) is 0 Å². The van der Waals surface area contributed by atoms with Gasteiger partial charge in [0.05, 0.1) is 0 Å². The van der Waals surface area contributed by atoms with Gasteiger partial charge in [-0.25, -0.2) is 4.79 Å². The largest absolute Gasteiger partial charge is 0.456 e. The van der Waals surface area contributed by atoms with Crippen LogP contribution in [0.25, 0.3) is 0 Å². The van der Waals surface area contributed by atoms with E-state index in [1.165, 1.54) is 6.07 Å². The van der Waals surface area contributed by atoms with Gasteiger partial charge < -0.3 is 14.0 Å². The minimum absolute atomic E-state index is 0.00276. The predicted molar refractivity (Wildman–Crippen MR) is 75.3 cm³/mol. The van der Waals surface area contributed by atoms with Crippen LogP contribution in [-0.2, 0) is 16.1 Å². The molecule has 22 heavy (non-hydrogen) atoms. The highest BCUT2D eigenvalue weighted by Crippen LogP contribution is 2.23. The van der Waals surface area contributed by atoms with Gasteiger partial charge in [0, 0.05) is 12.7 Å². The zero-order chi connectivity index (χ0) is 15.4. The van der Waals surface area contributed by atoms with E-state index in [1.54, 1.807) is 0 Å². The lowest BCUT2D eigenvalue weighted by molar-refractivity contribution is 0.0289. The van der Waals surface area contributed by atoms with Gasteiger partial charge >= 0.3 is 5.97 Å². The standard InChI is InChI=1S/C15H16N2O5/c18-15(21-10-11-5-2-1-3-6-11)12-9-14(22-16-12)17(19)13-7-4-8-20-13/h1-3,5-6,9,13,19H,4,7-8,10H2. The minimum atomic E-state index is -0.611. The van der Waals surface area contributed by atoms with E-state index in [9.17, 15) is 10.0 Å². The molecular formula is C15H16N2O5. The van der Waals surface area contributed by atoms with Crippen molar-refractivity contribution in [3.8, 4) is 0 Å². The molecule has 0 saturated carbocycles. The van der Waals surface area contributed by atoms with Crippen molar-refractivity contribution in [2.75, 3.05) is 11.7 Å². The molecule has 1 aliphatic heterocycles. The summed E-state index contributed by atoms with van der Waals surface area (Å²) in [5.41, 5.74) is 0.880. The van der Waals surface area contributed by atoms with E-state index < -0.39 is 12.2 Å². The molecule has 1 saturated heterocycles. The summed E-state index contributed by atoms with van der Waals surface area (Å²) in [5, 5.41) is 14.4. The molecule has 0 spiro atoms. The van der Waals surface area contributed by atoms with Crippen LogP contribution >= 0.6 is 0 Å². The van der Waals surface area contributed by atoms with Crippen molar-refractivity contribution in [3.63, 3.8) is 0 Å². The number of hydrogen-bond donors (Lipinski definition) is 1. The van der Waals surface area contributed by atoms with E-state index >= 15 is 0 Å². The molecule has 2 aromatic rings. The number of rotatable bonds is 5. The predicted octanol–water partition coefficient (Wildman–Crippen LogP) is 2.36. The second-order valence-electron chi connectivity index (χ2n) is 4.92. The van der Waals surface area contributed by atoms with Crippen molar-refractivity contribution < 1.29 is 24.0 Å². The van der Waals surface area contributed by atoms with Crippen LogP contribution in [0, 0.1) is 0 Å². The summed E-state index contributed by atoms with van der Waals surface area (Å²) in [6.07, 6.45) is 1.08. The van der Waals surface area contributed by atoms with Gasteiger partial charge in [-0.05, 0) is 18.4 Å². The van der Waals surface area contributed by atoms with Gasteiger partial charge in [0.25, 0.3) is 5.88 Å². The fourth-order valence-electron chi connectivity index (χ4n) is 2.16. The highest BCUT2D eigenvalue weighted by molar-refractivity contribution is 5.87. The molecule has 1 N–H and O–H groups in total. The Bertz CT molecular complexity index is 622. The van der Waals surface area contributed by atoms with Crippen molar-refractivity contribution in [2.24, 2.45) is 0 Å². The third-order valence-corrected chi connectivity index (χ3v) is 3.32. The molecule has 0 aliphatic carbocycles. The second kappa shape index (κ2) is 6.59. The molecule has 7 heteroatoms. The number of nitrogens with zero attached hydrogens (tertiary/aromatic N) is 2. The molecule has 116 valence electrons. The Balaban J connectivity index is 1.59. The van der Waals surface area contributed by atoms with Crippen LogP contribution in [0.1, 0.15) is 28.9 Å². The Hall–Kier alpha value is -2.38. The van der Waals surface area contributed by atoms with E-state index in [1.807, 2.05) is 30.3 Å². The zero-order valence-corrected chi connectivity index (χ0v) is 11.8. The van der Waals surface area contributed by atoms with E-state index in [0.29, 0.717) is 13.0 Å². The SMILES string of the molecule is O=C(OCc1ccccc1)c1cc(N(O)C2CCCO2)on1. The van der Waals surface area contributed by atoms with Gasteiger partial charge in [0.15, 0.2) is 11.9 Å². The van der Waals surface area contributed by atoms with Crippen LogP contribution in [0.15, 0.2) is 40.9 Å². The first-order chi connectivity index (χ1) is 10.7. The quantitative estimate of drug-likeness (QED) is 0.670. The molecule has 7 nitrogen and oxygen atoms in total. The number of anilines is 1. The van der Waals surface area contributed by atoms with E-state index in [-0.39, 0.29) is 18.2 Å². The molecule has 1 aliphatic rings. The number of ether oxygens (including phenoxy) is 2. The summed E-state index contributed by atoms with van der Waals surface area (Å²) in [6, 6.07) is 10.7. The van der Waals surface area contributed by atoms with Gasteiger partial charge in [-0.2, -0.15) is 5.06 Å². The Morgan fingerprint density at radius 1 is 1.41 bits per heavy atom. The Labute approximate surface area is 127 Å². The first-order valence-corrected chi connectivity index (χ1v) is 7.01. The average Bonchev–Trinajstić information content (AvgIpc) is 3.24. The molecule has 0 radical (unpaired) electrons. The Morgan fingerprint density at radius 2 is 2.23 bits per heavy atom. The highest BCUT2D eigenvalue weighted by atomic mass is 16.6. The molecule has 2 heterocycles. The highest BCUT2D eigenvalue weighted by Gasteiger charge is 2.26. The molecular weight excluding hydrogens is 288 g/mol. The van der Waals surface area contributed by atoms with Gasteiger partial charge in [-0.15, -0.1) is 0 Å². The number of esters is 1. The van der Waals surface area contributed by atoms with Crippen LogP contribution in [-0.4, -0.2) is 29.2 Å². The Kier molecular flexibility index (Phi) is 4.36. The third kappa shape index (κ3) is 3.26. The molecule has 0 amide bonds. The van der Waals surface area contributed by atoms with E-state index in [2.05, 4.69) is 5.16 Å². The average molecular weight is 304 g/mol. The normalized spacial score (nSPS) is 17.4. The van der Waals surface area contributed by atoms with Gasteiger partial charge in [0.1, 0.15) is 6.61 Å². The number of carbonyl (C=O) groups is 1. The summed E-state index contributed by atoms with van der Waals surface area (Å²) in [6.45, 7) is 0.734. The summed E-state index contributed by atoms with van der Waals surface area (Å²) in [4.78, 5) is 11.9. The summed E-state index contributed by atoms with van der Waals surface area (Å²) in [5.74, 6) is -0.557. The fraction of sp³-hybridized carbons (Fsp3) is 0.333. The third-order valence-electron chi connectivity index (χ3n) is 3.32. The smallest absolute Gasteiger partial charge is 0.360 e. The number of benzene rings is 1. The molecule has 1 fully saturated rings. The maximum atomic E-state index is 11.9. The van der Waals surface area contributed by atoms with E-state index in [0.717, 1.165) is 17.0 Å². The summed E-state index contributed by atoms with van der Waals surface area (Å²) >= 11 is 0. The van der Waals surface area contributed by atoms with Crippen molar-refractivity contribution in [1.82, 2.24) is 5.16 Å². The van der Waals surface area contributed by atoms with Crippen LogP contribution < -0.4 is 5.06 Å². The maximum Gasteiger partial charge on any atom is 0.360 e. The molecule has 1 aromatic heterocycles. The molecule has 1 unspecified atom stereocenters. The van der Waals surface area contributed by atoms with Crippen molar-refractivity contribution in [1.29, 1.82) is 0 Å². The number of hydroxylamine groups is 1. The number of hydrogen-bond acceptors (Lipinski definition) is 7. The minimum Gasteiger partial charge on any atom is -0.456 e. The van der Waals surface area contributed by atoms with Crippen LogP contribution in [0.4, 0.5) is 5.88 Å². The molecule has 1 aromatic carbocycles. The zero-order valence-electron chi connectivity index (χ0n) is 11.8.